The van der Waals surface area contributed by atoms with Crippen molar-refractivity contribution in [1.29, 1.82) is 0 Å². The molecule has 24 nitrogen and oxygen atoms in total. The summed E-state index contributed by atoms with van der Waals surface area (Å²) in [5.41, 5.74) is -0.450. The fraction of sp³-hybridized carbons (Fsp3) is 0.612. The summed E-state index contributed by atoms with van der Waals surface area (Å²) in [6, 6.07) is 6.88. The topological polar surface area (TPSA) is 279 Å². The van der Waals surface area contributed by atoms with E-state index in [2.05, 4.69) is 49.8 Å². The average Bonchev–Trinajstić information content (AvgIpc) is 0.837. The van der Waals surface area contributed by atoms with Crippen LogP contribution in [0.2, 0.25) is 0 Å². The molecule has 2 heterocycles. The third kappa shape index (κ3) is 21.5. The van der Waals surface area contributed by atoms with E-state index in [4.69, 9.17) is 6.42 Å². The standard InChI is InChI=1S/C67H99IN12O12/c1-17-26-48-62(88)79(16)67(8,9)66(92)71-50(33-42(3)4)61(87)78(15)53(64(90)80-31-23-20-24-32-80)38-55(82)76(13)51(34-43(5)6)60(86)72-58(44(7)18-2)65(91)75(12)40-56(83)73(10)41-57(84)77(14)52(37-45-27-21-19-22-28-45)63(89)74(11)39-54(81)69-49(59(85)70-48)36-46-29-25-30-47(68)35-46/h1,19,21-22,25,27-30,35,42-44,48-53,58H,18,20,23-24,26,31-34,36-41H2,2-16H3,(H,69,81)(H,70,85)(H,71,92)(H,72,86)/t44-,48-,49-,50-,51-,52-,53?,58-/m0/s1. The van der Waals surface area contributed by atoms with Crippen LogP contribution in [0.5, 0.6) is 0 Å². The number of nitrogens with one attached hydrogen (secondary N) is 4. The first kappa shape index (κ1) is 76.8. The van der Waals surface area contributed by atoms with Gasteiger partial charge in [-0.15, -0.1) is 12.3 Å². The molecule has 2 aromatic rings. The van der Waals surface area contributed by atoms with Crippen molar-refractivity contribution in [3.8, 4) is 12.3 Å². The van der Waals surface area contributed by atoms with Crippen LogP contribution in [0.15, 0.2) is 54.6 Å². The third-order valence-electron chi connectivity index (χ3n) is 17.4. The first-order valence-electron chi connectivity index (χ1n) is 31.7. The molecule has 12 amide bonds. The van der Waals surface area contributed by atoms with E-state index in [1.807, 2.05) is 40.7 Å². The summed E-state index contributed by atoms with van der Waals surface area (Å²) in [4.78, 5) is 185. The van der Waals surface area contributed by atoms with Gasteiger partial charge < -0.3 is 60.5 Å². The van der Waals surface area contributed by atoms with Crippen molar-refractivity contribution in [2.45, 2.75) is 167 Å². The Balaban J connectivity index is 1.87. The molecule has 25 heteroatoms. The highest BCUT2D eigenvalue weighted by molar-refractivity contribution is 14.1. The van der Waals surface area contributed by atoms with Gasteiger partial charge in [-0.25, -0.2) is 0 Å². The molecule has 2 aromatic carbocycles. The molecule has 0 bridgehead atoms. The maximum atomic E-state index is 15.1. The summed E-state index contributed by atoms with van der Waals surface area (Å²) >= 11 is 2.11. The van der Waals surface area contributed by atoms with Crippen LogP contribution in [-0.4, -0.2) is 240 Å². The Morgan fingerprint density at radius 1 is 0.598 bits per heavy atom. The van der Waals surface area contributed by atoms with Crippen molar-refractivity contribution < 1.29 is 57.5 Å². The number of halogens is 1. The maximum absolute atomic E-state index is 15.1. The van der Waals surface area contributed by atoms with Crippen LogP contribution in [0, 0.1) is 33.7 Å². The number of piperidine rings is 1. The highest BCUT2D eigenvalue weighted by atomic mass is 127. The lowest BCUT2D eigenvalue weighted by atomic mass is 9.95. The minimum Gasteiger partial charge on any atom is -0.342 e. The number of carbonyl (C=O) groups excluding carboxylic acids is 12. The Hall–Kier alpha value is -7.63. The van der Waals surface area contributed by atoms with Crippen LogP contribution in [0.1, 0.15) is 118 Å². The molecule has 1 unspecified atom stereocenters. The van der Waals surface area contributed by atoms with Crippen molar-refractivity contribution in [1.82, 2.24) is 60.5 Å². The second-order valence-corrected chi connectivity index (χ2v) is 27.2. The van der Waals surface area contributed by atoms with Gasteiger partial charge in [0.2, 0.25) is 70.9 Å². The zero-order valence-electron chi connectivity index (χ0n) is 56.5. The summed E-state index contributed by atoms with van der Waals surface area (Å²) in [6.45, 7) is 12.9. The van der Waals surface area contributed by atoms with Crippen LogP contribution in [0.25, 0.3) is 0 Å². The number of likely N-dealkylation sites (N-methyl/N-ethyl adjacent to an activating group) is 7. The normalized spacial score (nSPS) is 24.1. The van der Waals surface area contributed by atoms with E-state index in [9.17, 15) is 52.7 Å². The first-order valence-corrected chi connectivity index (χ1v) is 32.7. The van der Waals surface area contributed by atoms with E-state index in [0.29, 0.717) is 43.5 Å². The lowest BCUT2D eigenvalue weighted by molar-refractivity contribution is -0.152. The SMILES string of the molecule is C#CC[C@@H]1NC(=O)[C@H](Cc2cccc(I)c2)NC(=O)CN(C)C(=O)[C@H](Cc2ccccc2)N(C)C(=O)CN(C)C(=O)CN(C)C(=O)[C@H]([C@@H](C)CC)NC(=O)[C@H](CC(C)C)N(C)C(=O)CC(C(=O)N2CCCCC2)N(C)C(=O)[C@H](CC(C)C)NC(=O)C(C)(C)N(C)C1=O. The number of likely N-dealkylation sites (tertiary alicyclic amines) is 1. The smallest absolute Gasteiger partial charge is 0.246 e. The summed E-state index contributed by atoms with van der Waals surface area (Å²) in [5.74, 6) is -6.79. The minimum atomic E-state index is -1.75. The Labute approximate surface area is 557 Å². The van der Waals surface area contributed by atoms with Crippen molar-refractivity contribution >= 4 is 93.5 Å². The molecule has 0 spiro atoms. The largest absolute Gasteiger partial charge is 0.342 e. The predicted molar refractivity (Wildman–Crippen MR) is 357 cm³/mol. The third-order valence-corrected chi connectivity index (χ3v) is 18.1. The highest BCUT2D eigenvalue weighted by Crippen LogP contribution is 2.23. The molecule has 2 aliphatic rings. The number of terminal acetylenes is 1. The molecule has 4 N–H and O–H groups in total. The fourth-order valence-corrected chi connectivity index (χ4v) is 11.6. The van der Waals surface area contributed by atoms with Gasteiger partial charge in [-0.2, -0.15) is 0 Å². The summed E-state index contributed by atoms with van der Waals surface area (Å²) < 4.78 is 0.824. The zero-order chi connectivity index (χ0) is 69.1. The molecule has 2 saturated heterocycles. The van der Waals surface area contributed by atoms with Gasteiger partial charge in [0.15, 0.2) is 0 Å². The Morgan fingerprint density at radius 2 is 1.18 bits per heavy atom. The lowest BCUT2D eigenvalue weighted by Crippen LogP contribution is -2.63. The second kappa shape index (κ2) is 35.4. The van der Waals surface area contributed by atoms with Crippen LogP contribution in [-0.2, 0) is 70.4 Å². The molecule has 8 atom stereocenters. The molecule has 2 aliphatic heterocycles. The molecule has 0 saturated carbocycles. The molecule has 0 aromatic heterocycles. The monoisotopic (exact) mass is 1390 g/mol. The van der Waals surface area contributed by atoms with Crippen molar-refractivity contribution in [3.05, 3.63) is 69.3 Å². The molecule has 0 aliphatic carbocycles. The number of hydrogen-bond donors (Lipinski definition) is 4. The molecular weight excluding hydrogens is 1290 g/mol. The quantitative estimate of drug-likeness (QED) is 0.176. The van der Waals surface area contributed by atoms with Gasteiger partial charge in [0, 0.05) is 85.3 Å². The van der Waals surface area contributed by atoms with Gasteiger partial charge in [-0.1, -0.05) is 90.4 Å². The molecule has 2 fully saturated rings. The summed E-state index contributed by atoms with van der Waals surface area (Å²) in [6.07, 6.45) is 7.66. The second-order valence-electron chi connectivity index (χ2n) is 26.0. The zero-order valence-corrected chi connectivity index (χ0v) is 58.7. The van der Waals surface area contributed by atoms with Gasteiger partial charge in [-0.3, -0.25) is 57.5 Å². The van der Waals surface area contributed by atoms with E-state index in [1.165, 1.54) is 73.0 Å². The van der Waals surface area contributed by atoms with Crippen LogP contribution in [0.3, 0.4) is 0 Å². The van der Waals surface area contributed by atoms with E-state index in [0.717, 1.165) is 34.5 Å². The Morgan fingerprint density at radius 3 is 1.77 bits per heavy atom. The van der Waals surface area contributed by atoms with Gasteiger partial charge >= 0.3 is 0 Å². The Bertz CT molecular complexity index is 3000. The van der Waals surface area contributed by atoms with Gasteiger partial charge in [0.05, 0.1) is 26.1 Å². The van der Waals surface area contributed by atoms with Crippen molar-refractivity contribution in [2.75, 3.05) is 82.1 Å². The number of amides is 12. The molecular formula is C67H99IN12O12. The predicted octanol–water partition coefficient (Wildman–Crippen LogP) is 2.69. The summed E-state index contributed by atoms with van der Waals surface area (Å²) in [5, 5.41) is 11.2. The Kier molecular flexibility index (Phi) is 29.6. The van der Waals surface area contributed by atoms with Gasteiger partial charge in [-0.05, 0) is 110 Å². The van der Waals surface area contributed by atoms with E-state index in [-0.39, 0.29) is 43.9 Å². The van der Waals surface area contributed by atoms with Crippen LogP contribution >= 0.6 is 22.6 Å². The van der Waals surface area contributed by atoms with Crippen LogP contribution in [0.4, 0.5) is 0 Å². The van der Waals surface area contributed by atoms with Crippen molar-refractivity contribution in [3.63, 3.8) is 0 Å². The van der Waals surface area contributed by atoms with Gasteiger partial charge in [0.1, 0.15) is 47.8 Å². The number of nitrogens with zero attached hydrogens (tertiary/aromatic N) is 8. The molecule has 0 radical (unpaired) electrons. The minimum absolute atomic E-state index is 0.00439. The molecule has 506 valence electrons. The van der Waals surface area contributed by atoms with E-state index in [1.54, 1.807) is 60.4 Å². The number of rotatable bonds is 12. The summed E-state index contributed by atoms with van der Waals surface area (Å²) in [7, 11) is 9.68. The number of carbonyl (C=O) groups is 12. The van der Waals surface area contributed by atoms with E-state index < -0.39 is 151 Å². The fourth-order valence-electron chi connectivity index (χ4n) is 11.0. The van der Waals surface area contributed by atoms with Crippen LogP contribution < -0.4 is 21.3 Å². The number of hydrogen-bond acceptors (Lipinski definition) is 12. The maximum Gasteiger partial charge on any atom is 0.246 e. The highest BCUT2D eigenvalue weighted by Gasteiger charge is 2.44. The first-order chi connectivity index (χ1) is 43.1. The van der Waals surface area contributed by atoms with Gasteiger partial charge in [0.25, 0.3) is 0 Å². The lowest BCUT2D eigenvalue weighted by Gasteiger charge is -2.39. The molecule has 4 rings (SSSR count). The number of benzene rings is 2. The average molecular weight is 1390 g/mol. The van der Waals surface area contributed by atoms with Crippen molar-refractivity contribution in [2.24, 2.45) is 17.8 Å². The van der Waals surface area contributed by atoms with E-state index >= 15 is 4.79 Å². The molecule has 92 heavy (non-hydrogen) atoms.